The van der Waals surface area contributed by atoms with Crippen LogP contribution in [0.1, 0.15) is 104 Å². The van der Waals surface area contributed by atoms with Gasteiger partial charge in [-0.3, -0.25) is 10.0 Å². The Morgan fingerprint density at radius 3 is 2.08 bits per heavy atom. The van der Waals surface area contributed by atoms with Gasteiger partial charge in [-0.25, -0.2) is 8.42 Å². The summed E-state index contributed by atoms with van der Waals surface area (Å²) in [6.45, 7) is 7.65. The number of aldehydes is 1. The Morgan fingerprint density at radius 1 is 0.860 bits per heavy atom. The summed E-state index contributed by atoms with van der Waals surface area (Å²) in [5.41, 5.74) is 0.841. The molecule has 274 valence electrons. The molecule has 0 aliphatic heterocycles. The minimum absolute atomic E-state index is 0.0631. The maximum Gasteiger partial charge on any atom is 0.269 e. The van der Waals surface area contributed by atoms with E-state index in [0.29, 0.717) is 17.9 Å². The Bertz CT molecular complexity index is 1610. The zero-order chi connectivity index (χ0) is 36.6. The average Bonchev–Trinajstić information content (AvgIpc) is 3.09. The summed E-state index contributed by atoms with van der Waals surface area (Å²) in [6.07, 6.45) is 11.3. The van der Waals surface area contributed by atoms with Crippen LogP contribution in [0.3, 0.4) is 0 Å². The molecular weight excluding hydrogens is 657 g/mol. The maximum atomic E-state index is 13.8. The first-order valence-corrected chi connectivity index (χ1v) is 19.0. The van der Waals surface area contributed by atoms with E-state index in [1.165, 1.54) is 56.7 Å². The number of rotatable bonds is 22. The fourth-order valence-corrected chi connectivity index (χ4v) is 6.68. The molecule has 50 heavy (non-hydrogen) atoms. The number of sulfonamides is 1. The lowest BCUT2D eigenvalue weighted by atomic mass is 9.86. The van der Waals surface area contributed by atoms with Crippen LogP contribution in [0.15, 0.2) is 71.6 Å². The molecule has 0 aromatic heterocycles. The number of hydrogen-bond acceptors (Lipinski definition) is 8. The molecule has 0 aliphatic rings. The van der Waals surface area contributed by atoms with Crippen LogP contribution in [-0.4, -0.2) is 50.0 Å². The Kier molecular flexibility index (Phi) is 16.2. The van der Waals surface area contributed by atoms with Crippen molar-refractivity contribution in [2.75, 3.05) is 19.0 Å². The standard InChI is InChI=1S/C39H54N2O8S/c1-6-7-8-9-10-11-12-13-14-18-21-36(49-32-23-25-34(47-5)33(29-32)39(2,3)4)38(43)40-30-22-24-35(48-31-19-16-15-17-20-31)37(28-30)50(45,46)41(44)26-27-42/h15-17,19-20,22-25,27-29,36,44H,6-14,18,21,26H2,1-5H3,(H,40,43). The number of nitrogens with one attached hydrogen (secondary N) is 1. The van der Waals surface area contributed by atoms with Crippen molar-refractivity contribution in [2.24, 2.45) is 0 Å². The zero-order valence-electron chi connectivity index (χ0n) is 30.2. The van der Waals surface area contributed by atoms with Crippen molar-refractivity contribution in [1.82, 2.24) is 4.47 Å². The second kappa shape index (κ2) is 20.1. The second-order valence-electron chi connectivity index (χ2n) is 13.4. The molecule has 0 saturated heterocycles. The quantitative estimate of drug-likeness (QED) is 0.0600. The maximum absolute atomic E-state index is 13.8. The summed E-state index contributed by atoms with van der Waals surface area (Å²) < 4.78 is 44.3. The van der Waals surface area contributed by atoms with E-state index >= 15 is 0 Å². The number of nitrogens with zero attached hydrogens (tertiary/aromatic N) is 1. The van der Waals surface area contributed by atoms with E-state index in [0.717, 1.165) is 37.0 Å². The molecule has 0 bridgehead atoms. The van der Waals surface area contributed by atoms with E-state index in [1.807, 2.05) is 12.1 Å². The third-order valence-electron chi connectivity index (χ3n) is 8.34. The number of benzene rings is 3. The average molecular weight is 711 g/mol. The lowest BCUT2D eigenvalue weighted by molar-refractivity contribution is -0.123. The number of carbonyl (C=O) groups excluding carboxylic acids is 2. The van der Waals surface area contributed by atoms with Crippen molar-refractivity contribution in [2.45, 2.75) is 115 Å². The van der Waals surface area contributed by atoms with E-state index in [1.54, 1.807) is 43.5 Å². The summed E-state index contributed by atoms with van der Waals surface area (Å²) in [5.74, 6) is 1.05. The van der Waals surface area contributed by atoms with E-state index < -0.39 is 33.5 Å². The molecule has 3 aromatic carbocycles. The number of ether oxygens (including phenoxy) is 3. The van der Waals surface area contributed by atoms with Crippen LogP contribution in [0.2, 0.25) is 0 Å². The predicted molar refractivity (Wildman–Crippen MR) is 196 cm³/mol. The van der Waals surface area contributed by atoms with Crippen molar-refractivity contribution in [3.63, 3.8) is 0 Å². The molecule has 0 saturated carbocycles. The third-order valence-corrected chi connectivity index (χ3v) is 9.92. The van der Waals surface area contributed by atoms with Gasteiger partial charge in [0.25, 0.3) is 15.9 Å². The van der Waals surface area contributed by atoms with Gasteiger partial charge in [0, 0.05) is 11.3 Å². The highest BCUT2D eigenvalue weighted by atomic mass is 32.2. The Balaban J connectivity index is 1.84. The fraction of sp³-hybridized carbons (Fsp3) is 0.487. The number of hydrogen-bond donors (Lipinski definition) is 2. The van der Waals surface area contributed by atoms with Crippen LogP contribution in [0, 0.1) is 0 Å². The molecule has 0 spiro atoms. The van der Waals surface area contributed by atoms with Crippen LogP contribution < -0.4 is 19.5 Å². The minimum atomic E-state index is -4.60. The summed E-state index contributed by atoms with van der Waals surface area (Å²) in [7, 11) is -2.98. The summed E-state index contributed by atoms with van der Waals surface area (Å²) in [5, 5.41) is 13.0. The largest absolute Gasteiger partial charge is 0.496 e. The van der Waals surface area contributed by atoms with Crippen molar-refractivity contribution in [3.05, 3.63) is 72.3 Å². The van der Waals surface area contributed by atoms with Crippen LogP contribution >= 0.6 is 0 Å². The first-order valence-electron chi connectivity index (χ1n) is 17.6. The monoisotopic (exact) mass is 710 g/mol. The molecule has 1 atom stereocenters. The molecule has 3 aromatic rings. The first kappa shape index (κ1) is 40.5. The van der Waals surface area contributed by atoms with Gasteiger partial charge in [-0.15, -0.1) is 0 Å². The molecule has 2 N–H and O–H groups in total. The van der Waals surface area contributed by atoms with Gasteiger partial charge in [0.1, 0.15) is 34.2 Å². The Morgan fingerprint density at radius 2 is 1.48 bits per heavy atom. The highest BCUT2D eigenvalue weighted by molar-refractivity contribution is 7.89. The number of hydroxylamine groups is 1. The number of carbonyl (C=O) groups is 2. The smallest absolute Gasteiger partial charge is 0.269 e. The van der Waals surface area contributed by atoms with E-state index in [9.17, 15) is 23.2 Å². The minimum Gasteiger partial charge on any atom is -0.496 e. The summed E-state index contributed by atoms with van der Waals surface area (Å²) >= 11 is 0. The highest BCUT2D eigenvalue weighted by Gasteiger charge is 2.29. The van der Waals surface area contributed by atoms with Crippen molar-refractivity contribution in [1.29, 1.82) is 0 Å². The lowest BCUT2D eigenvalue weighted by Gasteiger charge is -2.24. The SMILES string of the molecule is CCCCCCCCCCCCC(Oc1ccc(OC)c(C(C)(C)C)c1)C(=O)Nc1ccc(Oc2ccccc2)c(S(=O)(=O)N(O)CC=O)c1. The van der Waals surface area contributed by atoms with Crippen LogP contribution in [0.5, 0.6) is 23.0 Å². The van der Waals surface area contributed by atoms with Crippen molar-refractivity contribution in [3.8, 4) is 23.0 Å². The Hall–Kier alpha value is -3.93. The lowest BCUT2D eigenvalue weighted by Crippen LogP contribution is -2.33. The highest BCUT2D eigenvalue weighted by Crippen LogP contribution is 2.36. The molecule has 10 nitrogen and oxygen atoms in total. The molecule has 0 aliphatic carbocycles. The van der Waals surface area contributed by atoms with Gasteiger partial charge in [0.05, 0.1) is 13.7 Å². The van der Waals surface area contributed by atoms with Gasteiger partial charge in [0.15, 0.2) is 6.10 Å². The van der Waals surface area contributed by atoms with Gasteiger partial charge >= 0.3 is 0 Å². The van der Waals surface area contributed by atoms with Gasteiger partial charge in [-0.1, -0.05) is 108 Å². The number of anilines is 1. The number of amides is 1. The van der Waals surface area contributed by atoms with Gasteiger partial charge in [-0.2, -0.15) is 0 Å². The van der Waals surface area contributed by atoms with E-state index in [4.69, 9.17) is 14.2 Å². The number of methoxy groups -OCH3 is 1. The van der Waals surface area contributed by atoms with Crippen molar-refractivity contribution < 1.29 is 37.4 Å². The fourth-order valence-electron chi connectivity index (χ4n) is 5.56. The number of unbranched alkanes of at least 4 members (excludes halogenated alkanes) is 9. The first-order chi connectivity index (χ1) is 23.9. The molecule has 1 amide bonds. The van der Waals surface area contributed by atoms with Gasteiger partial charge < -0.3 is 24.3 Å². The van der Waals surface area contributed by atoms with Crippen LogP contribution in [0.25, 0.3) is 0 Å². The van der Waals surface area contributed by atoms with Crippen LogP contribution in [0.4, 0.5) is 5.69 Å². The second-order valence-corrected chi connectivity index (χ2v) is 15.2. The van der Waals surface area contributed by atoms with Crippen LogP contribution in [-0.2, 0) is 25.0 Å². The molecule has 0 fully saturated rings. The molecule has 0 radical (unpaired) electrons. The van der Waals surface area contributed by atoms with Gasteiger partial charge in [0.2, 0.25) is 0 Å². The van der Waals surface area contributed by atoms with E-state index in [-0.39, 0.29) is 27.6 Å². The molecular formula is C39H54N2O8S. The Labute approximate surface area is 298 Å². The van der Waals surface area contributed by atoms with Gasteiger partial charge in [-0.05, 0) is 66.8 Å². The summed E-state index contributed by atoms with van der Waals surface area (Å²) in [4.78, 5) is 24.5. The zero-order valence-corrected chi connectivity index (χ0v) is 31.0. The topological polar surface area (TPSA) is 131 Å². The molecule has 1 unspecified atom stereocenters. The van der Waals surface area contributed by atoms with E-state index in [2.05, 4.69) is 33.0 Å². The molecule has 0 heterocycles. The third kappa shape index (κ3) is 12.4. The molecule has 11 heteroatoms. The normalized spacial score (nSPS) is 12.4. The molecule has 3 rings (SSSR count). The number of para-hydroxylation sites is 1. The predicted octanol–water partition coefficient (Wildman–Crippen LogP) is 9.06. The summed E-state index contributed by atoms with van der Waals surface area (Å²) in [6, 6.07) is 18.1. The van der Waals surface area contributed by atoms with Crippen molar-refractivity contribution >= 4 is 27.9 Å².